The fraction of sp³-hybridized carbons (Fsp3) is 0.394. The van der Waals surface area contributed by atoms with Crippen molar-refractivity contribution in [2.24, 2.45) is 42.3 Å². The van der Waals surface area contributed by atoms with Crippen LogP contribution in [0.3, 0.4) is 0 Å². The van der Waals surface area contributed by atoms with Gasteiger partial charge in [-0.1, -0.05) is 5.16 Å². The van der Waals surface area contributed by atoms with Crippen molar-refractivity contribution in [3.05, 3.63) is 372 Å². The first-order valence-corrected chi connectivity index (χ1v) is 46.5. The van der Waals surface area contributed by atoms with Crippen LogP contribution in [0.15, 0.2) is 213 Å². The van der Waals surface area contributed by atoms with Crippen molar-refractivity contribution in [1.29, 1.82) is 0 Å². The van der Waals surface area contributed by atoms with Crippen LogP contribution in [-0.2, 0) is 42.3 Å². The molecule has 0 fully saturated rings. The zero-order chi connectivity index (χ0) is 111. The minimum Gasteiger partial charge on any atom is -0.472 e. The molecule has 0 radical (unpaired) electrons. The molecule has 0 unspecified atom stereocenters. The third-order valence-electron chi connectivity index (χ3n) is 19.0. The van der Waals surface area contributed by atoms with Gasteiger partial charge in [0.25, 0.3) is 0 Å². The van der Waals surface area contributed by atoms with E-state index in [1.165, 1.54) is 81.9 Å². The Hall–Kier alpha value is -16.8. The number of nitrogens with one attached hydrogen (secondary N) is 5. The average molecular weight is 2030 g/mol. The molecule has 21 heterocycles. The maximum absolute atomic E-state index is 5.23. The molecule has 0 saturated carbocycles. The van der Waals surface area contributed by atoms with Gasteiger partial charge < -0.3 is 50.3 Å². The lowest BCUT2D eigenvalue weighted by Crippen LogP contribution is -2.07. The summed E-state index contributed by atoms with van der Waals surface area (Å²) in [6.07, 6.45) is 31.4. The number of rotatable bonds is 0. The second-order valence-electron chi connectivity index (χ2n) is 33.5. The second kappa shape index (κ2) is 71.6. The maximum Gasteiger partial charge on any atom is 0.191 e. The van der Waals surface area contributed by atoms with Crippen molar-refractivity contribution in [2.75, 3.05) is 5.84 Å². The van der Waals surface area contributed by atoms with Crippen LogP contribution in [0.2, 0.25) is 0 Å². The molecular formula is C104H158N34O9. The smallest absolute Gasteiger partial charge is 0.191 e. The first kappa shape index (κ1) is 128. The normalized spacial score (nSPS) is 9.42. The number of hydrogen-bond donors (Lipinski definition) is 6. The lowest BCUT2D eigenvalue weighted by molar-refractivity contribution is 0.414. The number of nitrogen functional groups attached to an aromatic ring is 1. The molecule has 21 rings (SSSR count). The summed E-state index contributed by atoms with van der Waals surface area (Å²) in [5, 5.41) is 85.3. The van der Waals surface area contributed by atoms with Crippen LogP contribution >= 0.6 is 0 Å². The standard InChI is InChI=1S/6C6H8O.8C5H8N2.3C5H7NO.C4H7N3.3C3H6N4/c1-5-3-7-4-6(5)2;2*1-5-3-6(2)7-4-5;2*1-5-3-4-7-6(5)2;1-5-3-4-6(2)7-5;1-5-3-6-7(2)4-5;1-5-3-4-7(2)6-5;1-5-3-4-6-7(5)2;3*1-4-3-6-7-5(4)2;2*1-4-3-5(2)7-6-4;1-4-3-7-5(2)6-4;1-4-3-6-5(2)7-4;1-4-3-7-6-5(4)2;1-4-6-5-3-7(4)2;1-3-6-5-2-7(3)4;2*1-3-4-6-7(2)5-3/h9*3-4H,1-2H3;5*3H,1-2H3,(H,6,7);4*3H,1-2H3;2H,4H2,1H3;2*1-2H3. The molecule has 0 bridgehead atoms. The minimum atomic E-state index is 0.711. The van der Waals surface area contributed by atoms with Crippen molar-refractivity contribution < 1.29 is 39.9 Å². The van der Waals surface area contributed by atoms with E-state index in [0.717, 1.165) is 126 Å². The molecule has 0 saturated heterocycles. The van der Waals surface area contributed by atoms with Gasteiger partial charge in [0.05, 0.1) is 111 Å². The molecule has 147 heavy (non-hydrogen) atoms. The van der Waals surface area contributed by atoms with Gasteiger partial charge in [0.1, 0.15) is 77.2 Å². The van der Waals surface area contributed by atoms with Gasteiger partial charge in [-0.15, -0.1) is 40.8 Å². The summed E-state index contributed by atoms with van der Waals surface area (Å²) in [4.78, 5) is 10.6. The van der Waals surface area contributed by atoms with Crippen LogP contribution in [0.1, 0.15) is 199 Å². The van der Waals surface area contributed by atoms with Crippen LogP contribution in [0.4, 0.5) is 0 Å². The molecule has 21 aromatic heterocycles. The molecule has 798 valence electrons. The lowest BCUT2D eigenvalue weighted by Gasteiger charge is -1.87. The van der Waals surface area contributed by atoms with E-state index in [0.29, 0.717) is 11.6 Å². The molecule has 0 amide bonds. The van der Waals surface area contributed by atoms with E-state index < -0.39 is 0 Å². The Kier molecular flexibility index (Phi) is 62.5. The summed E-state index contributed by atoms with van der Waals surface area (Å²) < 4.78 is 52.8. The van der Waals surface area contributed by atoms with Crippen LogP contribution < -0.4 is 5.84 Å². The van der Waals surface area contributed by atoms with Crippen molar-refractivity contribution in [3.8, 4) is 0 Å². The molecule has 21 aromatic rings. The zero-order valence-corrected chi connectivity index (χ0v) is 93.9. The Labute approximate surface area is 863 Å². The number of tetrazole rings is 2. The van der Waals surface area contributed by atoms with Gasteiger partial charge in [0.15, 0.2) is 23.4 Å². The van der Waals surface area contributed by atoms with Crippen molar-refractivity contribution >= 4 is 0 Å². The maximum atomic E-state index is 5.23. The highest BCUT2D eigenvalue weighted by molar-refractivity contribution is 5.18. The average Bonchev–Trinajstić information content (AvgIpc) is 1.82. The Morgan fingerprint density at radius 1 is 0.354 bits per heavy atom. The minimum absolute atomic E-state index is 0.711. The lowest BCUT2D eigenvalue weighted by atomic mass is 10.2. The number of nitrogens with two attached hydrogens (primary N) is 1. The van der Waals surface area contributed by atoms with Crippen LogP contribution in [0.25, 0.3) is 0 Å². The Balaban J connectivity index is 0.000000772. The molecular weight excluding hydrogens is 1870 g/mol. The van der Waals surface area contributed by atoms with E-state index in [4.69, 9.17) is 41.2 Å². The fourth-order valence-corrected chi connectivity index (χ4v) is 9.56. The predicted molar refractivity (Wildman–Crippen MR) is 569 cm³/mol. The van der Waals surface area contributed by atoms with E-state index >= 15 is 0 Å². The Morgan fingerprint density at radius 3 is 0.925 bits per heavy atom. The molecule has 43 heteroatoms. The quantitative estimate of drug-likeness (QED) is 0.0768. The number of oxazole rings is 2. The number of aromatic nitrogens is 33. The van der Waals surface area contributed by atoms with Crippen LogP contribution in [0.5, 0.6) is 0 Å². The van der Waals surface area contributed by atoms with Gasteiger partial charge in [-0.25, -0.2) is 14.6 Å². The van der Waals surface area contributed by atoms with Crippen molar-refractivity contribution in [3.63, 3.8) is 0 Å². The van der Waals surface area contributed by atoms with E-state index in [1.54, 1.807) is 113 Å². The number of H-pyrrole nitrogens is 5. The summed E-state index contributed by atoms with van der Waals surface area (Å²) in [5.41, 5.74) is 25.3. The van der Waals surface area contributed by atoms with E-state index in [2.05, 4.69) is 137 Å². The van der Waals surface area contributed by atoms with Crippen LogP contribution in [0, 0.1) is 242 Å². The highest BCUT2D eigenvalue weighted by Crippen LogP contribution is 2.10. The van der Waals surface area contributed by atoms with Crippen molar-refractivity contribution in [1.82, 2.24) is 166 Å². The summed E-state index contributed by atoms with van der Waals surface area (Å²) in [6, 6.07) is 19.8. The highest BCUT2D eigenvalue weighted by atomic mass is 16.5. The fourth-order valence-electron chi connectivity index (χ4n) is 9.56. The van der Waals surface area contributed by atoms with E-state index in [-0.39, 0.29) is 0 Å². The molecule has 43 nitrogen and oxygen atoms in total. The van der Waals surface area contributed by atoms with Gasteiger partial charge in [-0.3, -0.25) is 39.5 Å². The predicted octanol–water partition coefficient (Wildman–Crippen LogP) is 21.0. The van der Waals surface area contributed by atoms with Gasteiger partial charge in [0, 0.05) is 100 Å². The number of hydrogen-bond acceptors (Lipinski definition) is 31. The van der Waals surface area contributed by atoms with Gasteiger partial charge >= 0.3 is 0 Å². The van der Waals surface area contributed by atoms with Crippen LogP contribution in [-0.4, -0.2) is 166 Å². The molecule has 0 aromatic carbocycles. The molecule has 7 N–H and O–H groups in total. The van der Waals surface area contributed by atoms with E-state index in [9.17, 15) is 0 Å². The number of aryl methyl sites for hydroxylation is 41. The first-order valence-electron chi connectivity index (χ1n) is 46.5. The SMILES string of the molecule is Cc1cc(C)[nH]n1.Cc1cc(C)[nH]n1.Cc1ccc(C)o1.Cc1ccn(C)n1.Cc1ccnn1C.Cc1ccoc1C.Cc1ccoc1C.Cc1cn[nH]c1C.Cc1cn[nH]c1C.Cc1cn[nH]c1C.Cc1cnc(C)o1.Cc1cnn(C)c1.Cc1coc(C)c1.Cc1coc(C)c1.Cc1coc(C)n1.Cc1cocc1C.Cc1conc1C.Cc1nncn1C.Cc1nncn1N.Cc1nnn(C)n1.Cc1nnn(C)n1. The second-order valence-corrected chi connectivity index (χ2v) is 33.5. The Bertz CT molecular complexity index is 5100. The summed E-state index contributed by atoms with van der Waals surface area (Å²) in [5.74, 6) is 16.6. The monoisotopic (exact) mass is 2030 g/mol. The third-order valence-corrected chi connectivity index (χ3v) is 19.0. The number of nitrogens with zero attached hydrogens (tertiary/aromatic N) is 28. The van der Waals surface area contributed by atoms with Crippen molar-refractivity contribution in [2.45, 2.75) is 242 Å². The molecule has 0 aliphatic carbocycles. The topological polar surface area (TPSA) is 528 Å². The third kappa shape index (κ3) is 63.0. The number of furan rings is 6. The molecule has 0 atom stereocenters. The largest absolute Gasteiger partial charge is 0.472 e. The zero-order valence-electron chi connectivity index (χ0n) is 93.9. The molecule has 0 spiro atoms. The summed E-state index contributed by atoms with van der Waals surface area (Å²) in [6.45, 7) is 68.4. The first-order chi connectivity index (χ1) is 69.2. The van der Waals surface area contributed by atoms with Gasteiger partial charge in [0.2, 0.25) is 0 Å². The highest BCUT2D eigenvalue weighted by Gasteiger charge is 1.99. The number of aromatic amines is 5. The molecule has 0 aliphatic rings. The van der Waals surface area contributed by atoms with E-state index in [1.807, 2.05) is 357 Å². The molecule has 0 aliphatic heterocycles. The summed E-state index contributed by atoms with van der Waals surface area (Å²) in [7, 11) is 11.1. The van der Waals surface area contributed by atoms with Gasteiger partial charge in [-0.05, 0) is 355 Å². The summed E-state index contributed by atoms with van der Waals surface area (Å²) >= 11 is 0. The van der Waals surface area contributed by atoms with Gasteiger partial charge in [-0.2, -0.15) is 50.4 Å². The Morgan fingerprint density at radius 2 is 0.823 bits per heavy atom.